The van der Waals surface area contributed by atoms with Gasteiger partial charge in [-0.3, -0.25) is 9.00 Å². The predicted octanol–water partition coefficient (Wildman–Crippen LogP) is 1.47. The van der Waals surface area contributed by atoms with Gasteiger partial charge in [-0.25, -0.2) is 0 Å². The molecule has 2 N–H and O–H groups in total. The first-order valence-corrected chi connectivity index (χ1v) is 8.62. The molecule has 21 heavy (non-hydrogen) atoms. The number of hydrogen-bond donors (Lipinski definition) is 2. The van der Waals surface area contributed by atoms with Gasteiger partial charge in [0.25, 0.3) is 0 Å². The summed E-state index contributed by atoms with van der Waals surface area (Å²) in [6.45, 7) is 2.26. The van der Waals surface area contributed by atoms with E-state index in [1.54, 1.807) is 0 Å². The van der Waals surface area contributed by atoms with Crippen molar-refractivity contribution >= 4 is 29.1 Å². The van der Waals surface area contributed by atoms with E-state index >= 15 is 0 Å². The van der Waals surface area contributed by atoms with Crippen LogP contribution in [0.25, 0.3) is 0 Å². The Bertz CT molecular complexity index is 450. The lowest BCUT2D eigenvalue weighted by Crippen LogP contribution is -2.41. The standard InChI is InChI=1S/C15H22N2O2S.ClH/c18-15(14-7-4-8-16-11-14)17-9-10-20(19)12-13-5-2-1-3-6-13;/h1-3,5-6,14,16H,4,7-12H2,(H,17,18);1H. The highest BCUT2D eigenvalue weighted by atomic mass is 35.5. The van der Waals surface area contributed by atoms with E-state index in [2.05, 4.69) is 10.6 Å². The van der Waals surface area contributed by atoms with Gasteiger partial charge < -0.3 is 10.6 Å². The summed E-state index contributed by atoms with van der Waals surface area (Å²) in [5.74, 6) is 1.24. The van der Waals surface area contributed by atoms with Crippen LogP contribution in [0.15, 0.2) is 30.3 Å². The fourth-order valence-electron chi connectivity index (χ4n) is 2.34. The molecule has 4 nitrogen and oxygen atoms in total. The van der Waals surface area contributed by atoms with Crippen LogP contribution >= 0.6 is 12.4 Å². The maximum atomic E-state index is 11.9. The van der Waals surface area contributed by atoms with Gasteiger partial charge in [-0.2, -0.15) is 0 Å². The Kier molecular flexibility index (Phi) is 8.57. The van der Waals surface area contributed by atoms with Crippen molar-refractivity contribution < 1.29 is 9.00 Å². The van der Waals surface area contributed by atoms with Crippen LogP contribution in [0.5, 0.6) is 0 Å². The number of nitrogens with one attached hydrogen (secondary N) is 2. The molecule has 2 rings (SSSR count). The topological polar surface area (TPSA) is 58.2 Å². The van der Waals surface area contributed by atoms with Crippen molar-refractivity contribution in [2.75, 3.05) is 25.4 Å². The molecule has 2 unspecified atom stereocenters. The summed E-state index contributed by atoms with van der Waals surface area (Å²) in [5.41, 5.74) is 1.08. The molecule has 6 heteroatoms. The molecule has 1 saturated heterocycles. The molecule has 0 bridgehead atoms. The number of carbonyl (C=O) groups is 1. The first-order valence-electron chi connectivity index (χ1n) is 7.13. The van der Waals surface area contributed by atoms with Gasteiger partial charge in [0.1, 0.15) is 0 Å². The number of halogens is 1. The van der Waals surface area contributed by atoms with Crippen molar-refractivity contribution in [1.82, 2.24) is 10.6 Å². The normalized spacial score (nSPS) is 19.3. The molecule has 1 aromatic carbocycles. The molecule has 0 saturated carbocycles. The third-order valence-corrected chi connectivity index (χ3v) is 4.78. The monoisotopic (exact) mass is 330 g/mol. The van der Waals surface area contributed by atoms with Gasteiger partial charge in [0.2, 0.25) is 5.91 Å². The second-order valence-electron chi connectivity index (χ2n) is 5.11. The van der Waals surface area contributed by atoms with Gasteiger partial charge >= 0.3 is 0 Å². The van der Waals surface area contributed by atoms with Gasteiger partial charge in [0.15, 0.2) is 0 Å². The Morgan fingerprint density at radius 1 is 1.33 bits per heavy atom. The maximum absolute atomic E-state index is 11.9. The SMILES string of the molecule is Cl.O=C(NCCS(=O)Cc1ccccc1)C1CCCNC1. The van der Waals surface area contributed by atoms with E-state index in [9.17, 15) is 9.00 Å². The largest absolute Gasteiger partial charge is 0.355 e. The molecule has 118 valence electrons. The van der Waals surface area contributed by atoms with E-state index in [1.807, 2.05) is 30.3 Å². The third kappa shape index (κ3) is 6.59. The van der Waals surface area contributed by atoms with Crippen LogP contribution in [0.4, 0.5) is 0 Å². The minimum atomic E-state index is -0.923. The van der Waals surface area contributed by atoms with Crippen molar-refractivity contribution in [3.63, 3.8) is 0 Å². The molecular weight excluding hydrogens is 308 g/mol. The predicted molar refractivity (Wildman–Crippen MR) is 89.0 cm³/mol. The molecule has 1 aliphatic heterocycles. The quantitative estimate of drug-likeness (QED) is 0.830. The van der Waals surface area contributed by atoms with Crippen molar-refractivity contribution in [1.29, 1.82) is 0 Å². The van der Waals surface area contributed by atoms with Crippen LogP contribution in [0.1, 0.15) is 18.4 Å². The van der Waals surface area contributed by atoms with E-state index in [4.69, 9.17) is 0 Å². The Morgan fingerprint density at radius 2 is 2.10 bits per heavy atom. The van der Waals surface area contributed by atoms with Crippen molar-refractivity contribution in [2.24, 2.45) is 5.92 Å². The molecule has 1 heterocycles. The smallest absolute Gasteiger partial charge is 0.224 e. The molecule has 1 fully saturated rings. The average molecular weight is 331 g/mol. The summed E-state index contributed by atoms with van der Waals surface area (Å²) in [6, 6.07) is 9.80. The van der Waals surface area contributed by atoms with Gasteiger partial charge in [-0.1, -0.05) is 30.3 Å². The lowest BCUT2D eigenvalue weighted by Gasteiger charge is -2.21. The number of benzene rings is 1. The summed E-state index contributed by atoms with van der Waals surface area (Å²) in [6.07, 6.45) is 2.00. The third-order valence-electron chi connectivity index (χ3n) is 3.47. The number of piperidine rings is 1. The number of carbonyl (C=O) groups excluding carboxylic acids is 1. The summed E-state index contributed by atoms with van der Waals surface area (Å²) in [7, 11) is -0.923. The highest BCUT2D eigenvalue weighted by Crippen LogP contribution is 2.09. The molecule has 0 aliphatic carbocycles. The zero-order chi connectivity index (χ0) is 14.2. The van der Waals surface area contributed by atoms with E-state index in [-0.39, 0.29) is 24.2 Å². The minimum absolute atomic E-state index is 0. The molecule has 0 aromatic heterocycles. The second kappa shape index (κ2) is 9.92. The van der Waals surface area contributed by atoms with Crippen molar-refractivity contribution in [3.05, 3.63) is 35.9 Å². The lowest BCUT2D eigenvalue weighted by molar-refractivity contribution is -0.125. The fourth-order valence-corrected chi connectivity index (χ4v) is 3.38. The zero-order valence-corrected chi connectivity index (χ0v) is 13.7. The van der Waals surface area contributed by atoms with Gasteiger partial charge in [0, 0.05) is 35.4 Å². The van der Waals surface area contributed by atoms with E-state index in [0.29, 0.717) is 18.1 Å². The number of amides is 1. The lowest BCUT2D eigenvalue weighted by atomic mass is 9.99. The summed E-state index contributed by atoms with van der Waals surface area (Å²) in [4.78, 5) is 11.9. The summed E-state index contributed by atoms with van der Waals surface area (Å²) < 4.78 is 11.9. The van der Waals surface area contributed by atoms with E-state index < -0.39 is 10.8 Å². The Morgan fingerprint density at radius 3 is 2.76 bits per heavy atom. The Labute approximate surface area is 134 Å². The van der Waals surface area contributed by atoms with Crippen molar-refractivity contribution in [3.8, 4) is 0 Å². The van der Waals surface area contributed by atoms with Crippen LogP contribution in [0, 0.1) is 5.92 Å². The van der Waals surface area contributed by atoms with E-state index in [0.717, 1.165) is 31.5 Å². The second-order valence-corrected chi connectivity index (χ2v) is 6.68. The molecule has 0 spiro atoms. The maximum Gasteiger partial charge on any atom is 0.224 e. The zero-order valence-electron chi connectivity index (χ0n) is 12.0. The van der Waals surface area contributed by atoms with Crippen LogP contribution in [0.3, 0.4) is 0 Å². The molecule has 1 aromatic rings. The number of hydrogen-bond acceptors (Lipinski definition) is 3. The fraction of sp³-hybridized carbons (Fsp3) is 0.533. The van der Waals surface area contributed by atoms with Crippen LogP contribution < -0.4 is 10.6 Å². The van der Waals surface area contributed by atoms with Crippen LogP contribution in [-0.2, 0) is 21.3 Å². The number of rotatable bonds is 6. The van der Waals surface area contributed by atoms with Crippen LogP contribution in [0.2, 0.25) is 0 Å². The summed E-state index contributed by atoms with van der Waals surface area (Å²) >= 11 is 0. The average Bonchev–Trinajstić information content (AvgIpc) is 2.49. The Hall–Kier alpha value is -0.910. The molecule has 1 aliphatic rings. The first kappa shape index (κ1) is 18.1. The molecule has 2 atom stereocenters. The summed E-state index contributed by atoms with van der Waals surface area (Å²) in [5, 5.41) is 6.12. The molecular formula is C15H23ClN2O2S. The van der Waals surface area contributed by atoms with Gasteiger partial charge in [-0.05, 0) is 24.9 Å². The minimum Gasteiger partial charge on any atom is -0.355 e. The molecule has 1 amide bonds. The van der Waals surface area contributed by atoms with Gasteiger partial charge in [0.05, 0.1) is 5.92 Å². The first-order chi connectivity index (χ1) is 9.75. The van der Waals surface area contributed by atoms with E-state index in [1.165, 1.54) is 0 Å². The van der Waals surface area contributed by atoms with Crippen molar-refractivity contribution in [2.45, 2.75) is 18.6 Å². The van der Waals surface area contributed by atoms with Crippen LogP contribution in [-0.4, -0.2) is 35.5 Å². The highest BCUT2D eigenvalue weighted by Gasteiger charge is 2.20. The molecule has 0 radical (unpaired) electrons. The van der Waals surface area contributed by atoms with Gasteiger partial charge in [-0.15, -0.1) is 12.4 Å². The highest BCUT2D eigenvalue weighted by molar-refractivity contribution is 7.84. The Balaban J connectivity index is 0.00000220.